The molecule has 1 aliphatic carbocycles. The lowest BCUT2D eigenvalue weighted by Gasteiger charge is -2.19. The maximum Gasteiger partial charge on any atom is 0.273 e. The Bertz CT molecular complexity index is 444. The summed E-state index contributed by atoms with van der Waals surface area (Å²) in [6.07, 6.45) is 2.35. The minimum absolute atomic E-state index is 0.105. The average Bonchev–Trinajstić information content (AvgIpc) is 2.99. The molecule has 0 heterocycles. The topological polar surface area (TPSA) is 52.4 Å². The highest BCUT2D eigenvalue weighted by Gasteiger charge is 2.26. The molecule has 1 fully saturated rings. The molecule has 1 aromatic carbocycles. The van der Waals surface area contributed by atoms with Crippen LogP contribution in [0.3, 0.4) is 0 Å². The van der Waals surface area contributed by atoms with Crippen LogP contribution in [-0.2, 0) is 5.41 Å². The van der Waals surface area contributed by atoms with Crippen molar-refractivity contribution >= 4 is 5.69 Å². The molecule has 4 nitrogen and oxygen atoms in total. The average molecular weight is 235 g/mol. The molecule has 0 aliphatic heterocycles. The first-order chi connectivity index (χ1) is 7.86. The molecule has 1 saturated carbocycles. The minimum atomic E-state index is -0.366. The van der Waals surface area contributed by atoms with Crippen LogP contribution in [0.2, 0.25) is 0 Å². The van der Waals surface area contributed by atoms with Gasteiger partial charge in [0.15, 0.2) is 0 Å². The summed E-state index contributed by atoms with van der Waals surface area (Å²) >= 11 is 0. The highest BCUT2D eigenvalue weighted by atomic mass is 16.6. The molecule has 2 rings (SSSR count). The number of hydrogen-bond donors (Lipinski definition) is 0. The minimum Gasteiger partial charge on any atom is -0.490 e. The van der Waals surface area contributed by atoms with Gasteiger partial charge in [0.1, 0.15) is 5.75 Å². The maximum atomic E-state index is 10.9. The summed E-state index contributed by atoms with van der Waals surface area (Å²) in [7, 11) is 0. The molecule has 1 aromatic rings. The fraction of sp³-hybridized carbons (Fsp3) is 0.538. The van der Waals surface area contributed by atoms with Crippen molar-refractivity contribution in [3.8, 4) is 5.75 Å². The van der Waals surface area contributed by atoms with Crippen LogP contribution in [0.15, 0.2) is 18.2 Å². The van der Waals surface area contributed by atoms with Crippen molar-refractivity contribution in [2.24, 2.45) is 0 Å². The van der Waals surface area contributed by atoms with Crippen molar-refractivity contribution in [2.45, 2.75) is 45.1 Å². The third-order valence-electron chi connectivity index (χ3n) is 2.80. The lowest BCUT2D eigenvalue weighted by atomic mass is 9.87. The predicted molar refractivity (Wildman–Crippen MR) is 65.4 cm³/mol. The number of nitro benzene ring substituents is 1. The predicted octanol–water partition coefficient (Wildman–Crippen LogP) is 3.43. The number of rotatable bonds is 3. The zero-order valence-corrected chi connectivity index (χ0v) is 10.4. The van der Waals surface area contributed by atoms with Gasteiger partial charge in [-0.2, -0.15) is 0 Å². The van der Waals surface area contributed by atoms with Gasteiger partial charge in [0.25, 0.3) is 5.69 Å². The van der Waals surface area contributed by atoms with E-state index < -0.39 is 0 Å². The molecule has 0 N–H and O–H groups in total. The molecule has 1 aliphatic rings. The van der Waals surface area contributed by atoms with Gasteiger partial charge in [0.2, 0.25) is 0 Å². The van der Waals surface area contributed by atoms with E-state index in [1.165, 1.54) is 6.07 Å². The largest absolute Gasteiger partial charge is 0.490 e. The van der Waals surface area contributed by atoms with E-state index in [0.717, 1.165) is 18.4 Å². The van der Waals surface area contributed by atoms with Crippen molar-refractivity contribution in [1.82, 2.24) is 0 Å². The van der Waals surface area contributed by atoms with Crippen LogP contribution in [0.4, 0.5) is 5.69 Å². The SMILES string of the molecule is CC(C)(C)c1cc(OC2CC2)cc([N+](=O)[O-])c1. The molecule has 0 spiro atoms. The summed E-state index contributed by atoms with van der Waals surface area (Å²) in [5.41, 5.74) is 0.920. The molecular formula is C13H17NO3. The van der Waals surface area contributed by atoms with Gasteiger partial charge in [0.05, 0.1) is 17.1 Å². The third-order valence-corrected chi connectivity index (χ3v) is 2.80. The molecule has 0 amide bonds. The highest BCUT2D eigenvalue weighted by Crippen LogP contribution is 2.33. The molecule has 17 heavy (non-hydrogen) atoms. The van der Waals surface area contributed by atoms with E-state index in [0.29, 0.717) is 5.75 Å². The van der Waals surface area contributed by atoms with Crippen molar-refractivity contribution in [3.63, 3.8) is 0 Å². The van der Waals surface area contributed by atoms with Crippen LogP contribution in [0.5, 0.6) is 5.75 Å². The van der Waals surface area contributed by atoms with Gasteiger partial charge >= 0.3 is 0 Å². The number of non-ortho nitro benzene ring substituents is 1. The Morgan fingerprint density at radius 3 is 2.41 bits per heavy atom. The summed E-state index contributed by atoms with van der Waals surface area (Å²) in [5.74, 6) is 0.617. The summed E-state index contributed by atoms with van der Waals surface area (Å²) in [6.45, 7) is 6.10. The molecule has 0 saturated heterocycles. The molecule has 92 valence electrons. The smallest absolute Gasteiger partial charge is 0.273 e. The number of hydrogen-bond acceptors (Lipinski definition) is 3. The van der Waals surface area contributed by atoms with E-state index in [1.807, 2.05) is 26.8 Å². The first-order valence-corrected chi connectivity index (χ1v) is 5.83. The normalized spacial score (nSPS) is 15.7. The van der Waals surface area contributed by atoms with Gasteiger partial charge in [0, 0.05) is 6.07 Å². The molecule has 0 unspecified atom stereocenters. The van der Waals surface area contributed by atoms with E-state index in [4.69, 9.17) is 4.74 Å². The standard InChI is InChI=1S/C13H17NO3/c1-13(2,3)9-6-10(14(15)16)8-12(7-9)17-11-4-5-11/h6-8,11H,4-5H2,1-3H3. The molecular weight excluding hydrogens is 218 g/mol. The van der Waals surface area contributed by atoms with E-state index in [9.17, 15) is 10.1 Å². The van der Waals surface area contributed by atoms with Gasteiger partial charge in [-0.05, 0) is 29.9 Å². The zero-order chi connectivity index (χ0) is 12.6. The summed E-state index contributed by atoms with van der Waals surface area (Å²) < 4.78 is 5.65. The second kappa shape index (κ2) is 4.02. The van der Waals surface area contributed by atoms with Crippen LogP contribution < -0.4 is 4.74 Å². The Labute approximate surface area is 101 Å². The van der Waals surface area contributed by atoms with E-state index in [-0.39, 0.29) is 22.1 Å². The van der Waals surface area contributed by atoms with Crippen molar-refractivity contribution in [1.29, 1.82) is 0 Å². The van der Waals surface area contributed by atoms with Crippen LogP contribution in [0.1, 0.15) is 39.2 Å². The Balaban J connectivity index is 2.37. The van der Waals surface area contributed by atoms with Gasteiger partial charge in [-0.3, -0.25) is 10.1 Å². The fourth-order valence-corrected chi connectivity index (χ4v) is 1.57. The third kappa shape index (κ3) is 2.96. The van der Waals surface area contributed by atoms with Crippen molar-refractivity contribution in [2.75, 3.05) is 0 Å². The van der Waals surface area contributed by atoms with Crippen LogP contribution >= 0.6 is 0 Å². The summed E-state index contributed by atoms with van der Waals surface area (Å²) in [5, 5.41) is 10.9. The second-order valence-electron chi connectivity index (χ2n) is 5.54. The van der Waals surface area contributed by atoms with Crippen LogP contribution in [0.25, 0.3) is 0 Å². The van der Waals surface area contributed by atoms with Gasteiger partial charge < -0.3 is 4.74 Å². The quantitative estimate of drug-likeness (QED) is 0.595. The lowest BCUT2D eigenvalue weighted by Crippen LogP contribution is -2.12. The van der Waals surface area contributed by atoms with Gasteiger partial charge in [-0.1, -0.05) is 20.8 Å². The zero-order valence-electron chi connectivity index (χ0n) is 10.4. The fourth-order valence-electron chi connectivity index (χ4n) is 1.57. The Morgan fingerprint density at radius 2 is 1.94 bits per heavy atom. The number of nitrogens with zero attached hydrogens (tertiary/aromatic N) is 1. The molecule has 0 aromatic heterocycles. The molecule has 0 radical (unpaired) electrons. The Morgan fingerprint density at radius 1 is 1.29 bits per heavy atom. The molecule has 0 atom stereocenters. The van der Waals surface area contributed by atoms with Gasteiger partial charge in [-0.25, -0.2) is 0 Å². The van der Waals surface area contributed by atoms with E-state index in [2.05, 4.69) is 0 Å². The van der Waals surface area contributed by atoms with Crippen molar-refractivity contribution in [3.05, 3.63) is 33.9 Å². The van der Waals surface area contributed by atoms with Crippen molar-refractivity contribution < 1.29 is 9.66 Å². The summed E-state index contributed by atoms with van der Waals surface area (Å²) in [6, 6.07) is 5.04. The van der Waals surface area contributed by atoms with Gasteiger partial charge in [-0.15, -0.1) is 0 Å². The molecule has 4 heteroatoms. The molecule has 0 bridgehead atoms. The first kappa shape index (κ1) is 11.9. The van der Waals surface area contributed by atoms with Crippen LogP contribution in [-0.4, -0.2) is 11.0 Å². The van der Waals surface area contributed by atoms with E-state index >= 15 is 0 Å². The monoisotopic (exact) mass is 235 g/mol. The van der Waals surface area contributed by atoms with E-state index in [1.54, 1.807) is 6.07 Å². The Hall–Kier alpha value is -1.58. The van der Waals surface area contributed by atoms with Crippen LogP contribution in [0, 0.1) is 10.1 Å². The highest BCUT2D eigenvalue weighted by molar-refractivity contribution is 5.45. The Kier molecular flexibility index (Phi) is 2.81. The lowest BCUT2D eigenvalue weighted by molar-refractivity contribution is -0.385. The summed E-state index contributed by atoms with van der Waals surface area (Å²) in [4.78, 5) is 10.5. The first-order valence-electron chi connectivity index (χ1n) is 5.83. The number of nitro groups is 1. The number of benzene rings is 1. The maximum absolute atomic E-state index is 10.9. The second-order valence-corrected chi connectivity index (χ2v) is 5.54. The number of ether oxygens (including phenoxy) is 1.